The van der Waals surface area contributed by atoms with Crippen molar-refractivity contribution in [1.29, 1.82) is 0 Å². The van der Waals surface area contributed by atoms with Crippen LogP contribution >= 0.6 is 0 Å². The molecule has 21 heavy (non-hydrogen) atoms. The van der Waals surface area contributed by atoms with Gasteiger partial charge in [0.25, 0.3) is 5.56 Å². The molecule has 0 bridgehead atoms. The third kappa shape index (κ3) is 3.63. The highest BCUT2D eigenvalue weighted by molar-refractivity contribution is 5.26. The molecule has 1 aliphatic rings. The van der Waals surface area contributed by atoms with Gasteiger partial charge < -0.3 is 15.4 Å². The van der Waals surface area contributed by atoms with E-state index in [1.807, 2.05) is 13.8 Å². The molecule has 2 heterocycles. The third-order valence-corrected chi connectivity index (χ3v) is 4.00. The molecular weight excluding hydrogens is 268 g/mol. The van der Waals surface area contributed by atoms with E-state index in [9.17, 15) is 9.90 Å². The van der Waals surface area contributed by atoms with Crippen LogP contribution in [-0.4, -0.2) is 46.2 Å². The number of rotatable bonds is 5. The van der Waals surface area contributed by atoms with E-state index < -0.39 is 0 Å². The molecule has 0 spiro atoms. The normalized spacial score (nSPS) is 18.1. The van der Waals surface area contributed by atoms with Crippen molar-refractivity contribution in [2.45, 2.75) is 45.6 Å². The summed E-state index contributed by atoms with van der Waals surface area (Å²) in [4.78, 5) is 21.7. The van der Waals surface area contributed by atoms with Gasteiger partial charge >= 0.3 is 0 Å². The monoisotopic (exact) mass is 294 g/mol. The predicted octanol–water partition coefficient (Wildman–Crippen LogP) is 1.35. The lowest BCUT2D eigenvalue weighted by atomic mass is 10.1. The van der Waals surface area contributed by atoms with Gasteiger partial charge in [0.1, 0.15) is 5.82 Å². The van der Waals surface area contributed by atoms with Gasteiger partial charge in [-0.25, -0.2) is 0 Å². The zero-order valence-electron chi connectivity index (χ0n) is 13.1. The van der Waals surface area contributed by atoms with Crippen LogP contribution in [0.5, 0.6) is 5.88 Å². The number of aromatic amines is 1. The van der Waals surface area contributed by atoms with E-state index in [-0.39, 0.29) is 23.4 Å². The van der Waals surface area contributed by atoms with Crippen molar-refractivity contribution in [2.24, 2.45) is 0 Å². The van der Waals surface area contributed by atoms with Gasteiger partial charge in [-0.05, 0) is 12.3 Å². The van der Waals surface area contributed by atoms with Gasteiger partial charge in [0.2, 0.25) is 5.88 Å². The van der Waals surface area contributed by atoms with Crippen molar-refractivity contribution in [2.75, 3.05) is 26.2 Å². The van der Waals surface area contributed by atoms with E-state index >= 15 is 0 Å². The SMILES string of the molecule is CCCC(c1nc(O)c(C(C)C)c(=O)[nH]1)N1CCNCC1. The number of nitrogens with zero attached hydrogens (tertiary/aromatic N) is 2. The zero-order chi connectivity index (χ0) is 15.4. The van der Waals surface area contributed by atoms with Crippen molar-refractivity contribution in [3.8, 4) is 5.88 Å². The van der Waals surface area contributed by atoms with Gasteiger partial charge in [0.05, 0.1) is 11.6 Å². The van der Waals surface area contributed by atoms with Gasteiger partial charge in [0, 0.05) is 26.2 Å². The number of piperazine rings is 1. The molecule has 1 aromatic heterocycles. The molecule has 1 fully saturated rings. The van der Waals surface area contributed by atoms with E-state index in [1.54, 1.807) is 0 Å². The lowest BCUT2D eigenvalue weighted by Crippen LogP contribution is -2.45. The van der Waals surface area contributed by atoms with Crippen LogP contribution in [0.1, 0.15) is 57.0 Å². The molecule has 1 aromatic rings. The summed E-state index contributed by atoms with van der Waals surface area (Å²) in [5.74, 6) is 0.421. The second-order valence-corrected chi connectivity index (χ2v) is 5.93. The maximum atomic E-state index is 12.2. The molecule has 0 saturated carbocycles. The van der Waals surface area contributed by atoms with Crippen molar-refractivity contribution in [3.05, 3.63) is 21.7 Å². The fourth-order valence-electron chi connectivity index (χ4n) is 2.93. The first-order chi connectivity index (χ1) is 10.0. The minimum atomic E-state index is -0.219. The van der Waals surface area contributed by atoms with E-state index in [1.165, 1.54) is 0 Å². The van der Waals surface area contributed by atoms with Gasteiger partial charge in [-0.1, -0.05) is 27.2 Å². The van der Waals surface area contributed by atoms with Crippen molar-refractivity contribution in [3.63, 3.8) is 0 Å². The molecule has 1 saturated heterocycles. The molecule has 0 radical (unpaired) electrons. The van der Waals surface area contributed by atoms with Crippen LogP contribution in [-0.2, 0) is 0 Å². The number of aromatic nitrogens is 2. The Morgan fingerprint density at radius 2 is 2.00 bits per heavy atom. The van der Waals surface area contributed by atoms with Crippen LogP contribution in [0.4, 0.5) is 0 Å². The summed E-state index contributed by atoms with van der Waals surface area (Å²) in [6.45, 7) is 9.63. The Morgan fingerprint density at radius 3 is 2.52 bits per heavy atom. The first-order valence-electron chi connectivity index (χ1n) is 7.82. The Balaban J connectivity index is 2.34. The molecule has 0 aliphatic carbocycles. The molecule has 1 unspecified atom stereocenters. The first-order valence-corrected chi connectivity index (χ1v) is 7.82. The minimum absolute atomic E-state index is 0.0425. The lowest BCUT2D eigenvalue weighted by molar-refractivity contribution is 0.157. The average Bonchev–Trinajstić information content (AvgIpc) is 2.44. The molecule has 0 amide bonds. The third-order valence-electron chi connectivity index (χ3n) is 4.00. The first kappa shape index (κ1) is 16.0. The number of hydrogen-bond donors (Lipinski definition) is 3. The smallest absolute Gasteiger partial charge is 0.258 e. The number of hydrogen-bond acceptors (Lipinski definition) is 5. The molecule has 6 heteroatoms. The van der Waals surface area contributed by atoms with E-state index in [2.05, 4.69) is 27.1 Å². The molecular formula is C15H26N4O2. The van der Waals surface area contributed by atoms with Crippen LogP contribution in [0.3, 0.4) is 0 Å². The van der Waals surface area contributed by atoms with Crippen LogP contribution in [0.25, 0.3) is 0 Å². The zero-order valence-corrected chi connectivity index (χ0v) is 13.1. The van der Waals surface area contributed by atoms with E-state index in [0.29, 0.717) is 11.4 Å². The molecule has 1 aliphatic heterocycles. The quantitative estimate of drug-likeness (QED) is 0.763. The average molecular weight is 294 g/mol. The molecule has 6 nitrogen and oxygen atoms in total. The van der Waals surface area contributed by atoms with Gasteiger partial charge in [-0.3, -0.25) is 9.69 Å². The number of nitrogens with one attached hydrogen (secondary N) is 2. The Labute approximate surface area is 125 Å². The second-order valence-electron chi connectivity index (χ2n) is 5.93. The van der Waals surface area contributed by atoms with Crippen LogP contribution in [0.15, 0.2) is 4.79 Å². The summed E-state index contributed by atoms with van der Waals surface area (Å²) in [5, 5.41) is 13.4. The van der Waals surface area contributed by atoms with Gasteiger partial charge in [0.15, 0.2) is 0 Å². The highest BCUT2D eigenvalue weighted by Gasteiger charge is 2.25. The fraction of sp³-hybridized carbons (Fsp3) is 0.733. The Bertz CT molecular complexity index is 521. The van der Waals surface area contributed by atoms with E-state index in [0.717, 1.165) is 39.0 Å². The second kappa shape index (κ2) is 7.04. The van der Waals surface area contributed by atoms with Crippen molar-refractivity contribution >= 4 is 0 Å². The maximum absolute atomic E-state index is 12.2. The highest BCUT2D eigenvalue weighted by Crippen LogP contribution is 2.26. The Kier molecular flexibility index (Phi) is 5.36. The summed E-state index contributed by atoms with van der Waals surface area (Å²) in [5.41, 5.74) is 0.151. The minimum Gasteiger partial charge on any atom is -0.493 e. The van der Waals surface area contributed by atoms with E-state index in [4.69, 9.17) is 0 Å². The molecule has 3 N–H and O–H groups in total. The summed E-state index contributed by atoms with van der Waals surface area (Å²) >= 11 is 0. The van der Waals surface area contributed by atoms with Crippen LogP contribution in [0.2, 0.25) is 0 Å². The Morgan fingerprint density at radius 1 is 1.33 bits per heavy atom. The van der Waals surface area contributed by atoms with Crippen molar-refractivity contribution < 1.29 is 5.11 Å². The summed E-state index contributed by atoms with van der Waals surface area (Å²) in [6.07, 6.45) is 1.93. The summed E-state index contributed by atoms with van der Waals surface area (Å²) in [6, 6.07) is 0.0666. The van der Waals surface area contributed by atoms with Crippen LogP contribution in [0, 0.1) is 0 Å². The highest BCUT2D eigenvalue weighted by atomic mass is 16.3. The Hall–Kier alpha value is -1.40. The molecule has 0 aromatic carbocycles. The topological polar surface area (TPSA) is 81.2 Å². The number of H-pyrrole nitrogens is 1. The van der Waals surface area contributed by atoms with Gasteiger partial charge in [-0.2, -0.15) is 4.98 Å². The standard InChI is InChI=1S/C15H26N4O2/c1-4-5-11(19-8-6-16-7-9-19)13-17-14(20)12(10(2)3)15(21)18-13/h10-11,16H,4-9H2,1-3H3,(H2,17,18,20,21). The van der Waals surface area contributed by atoms with Crippen molar-refractivity contribution in [1.82, 2.24) is 20.2 Å². The fourth-order valence-corrected chi connectivity index (χ4v) is 2.93. The maximum Gasteiger partial charge on any atom is 0.258 e. The summed E-state index contributed by atoms with van der Waals surface area (Å²) < 4.78 is 0. The number of aromatic hydroxyl groups is 1. The predicted molar refractivity (Wildman–Crippen MR) is 82.7 cm³/mol. The van der Waals surface area contributed by atoms with Gasteiger partial charge in [-0.15, -0.1) is 0 Å². The van der Waals surface area contributed by atoms with Crippen LogP contribution < -0.4 is 10.9 Å². The lowest BCUT2D eigenvalue weighted by Gasteiger charge is -2.34. The molecule has 2 rings (SSSR count). The largest absolute Gasteiger partial charge is 0.493 e. The molecule has 118 valence electrons. The molecule has 1 atom stereocenters. The summed E-state index contributed by atoms with van der Waals surface area (Å²) in [7, 11) is 0.